The van der Waals surface area contributed by atoms with Gasteiger partial charge in [-0.1, -0.05) is 41.6 Å². The fraction of sp³-hybridized carbons (Fsp3) is 0.0625. The molecule has 2 rings (SSSR count). The fourth-order valence-electron chi connectivity index (χ4n) is 1.56. The predicted octanol–water partition coefficient (Wildman–Crippen LogP) is 2.46. The molecule has 22 heavy (non-hydrogen) atoms. The maximum absolute atomic E-state index is 11.6. The molecule has 0 unspecified atom stereocenters. The molecule has 1 heterocycles. The molecule has 6 nitrogen and oxygen atoms in total. The van der Waals surface area contributed by atoms with Gasteiger partial charge in [0.05, 0.1) is 0 Å². The van der Waals surface area contributed by atoms with Gasteiger partial charge < -0.3 is 0 Å². The topological polar surface area (TPSA) is 83.8 Å². The van der Waals surface area contributed by atoms with Crippen LogP contribution in [0.1, 0.15) is 15.9 Å². The standard InChI is InChI=1S/C16H14N4O2/c21-15(7-6-13-4-2-1-3-5-13)12-18-20-19-16(22)14-8-10-17-11-9-14/h1-11H,12H2,(H,18,19,22). The molecule has 0 fully saturated rings. The summed E-state index contributed by atoms with van der Waals surface area (Å²) in [5, 5.41) is 7.12. The molecular formula is C16H14N4O2. The average Bonchev–Trinajstić information content (AvgIpc) is 2.58. The lowest BCUT2D eigenvalue weighted by molar-refractivity contribution is -0.113. The Hall–Kier alpha value is -3.15. The van der Waals surface area contributed by atoms with Crippen LogP contribution in [0.15, 0.2) is 71.3 Å². The highest BCUT2D eigenvalue weighted by atomic mass is 16.2. The van der Waals surface area contributed by atoms with Crippen LogP contribution in [0, 0.1) is 0 Å². The molecule has 0 aliphatic heterocycles. The first kappa shape index (κ1) is 15.2. The number of rotatable bonds is 6. The second-order valence-corrected chi connectivity index (χ2v) is 4.29. The summed E-state index contributed by atoms with van der Waals surface area (Å²) in [6.07, 6.45) is 6.14. The molecule has 0 atom stereocenters. The third-order valence-corrected chi connectivity index (χ3v) is 2.65. The van der Waals surface area contributed by atoms with Crippen LogP contribution in [-0.4, -0.2) is 23.2 Å². The van der Waals surface area contributed by atoms with Crippen LogP contribution in [0.3, 0.4) is 0 Å². The van der Waals surface area contributed by atoms with Gasteiger partial charge >= 0.3 is 0 Å². The molecule has 0 spiro atoms. The van der Waals surface area contributed by atoms with Crippen molar-refractivity contribution in [2.24, 2.45) is 10.3 Å². The molecule has 1 N–H and O–H groups in total. The number of hydrogen-bond donors (Lipinski definition) is 1. The smallest absolute Gasteiger partial charge is 0.272 e. The summed E-state index contributed by atoms with van der Waals surface area (Å²) in [6.45, 7) is -0.125. The summed E-state index contributed by atoms with van der Waals surface area (Å²) >= 11 is 0. The van der Waals surface area contributed by atoms with Gasteiger partial charge in [-0.2, -0.15) is 5.11 Å². The van der Waals surface area contributed by atoms with Crippen molar-refractivity contribution in [1.29, 1.82) is 0 Å². The van der Waals surface area contributed by atoms with Crippen LogP contribution in [0.5, 0.6) is 0 Å². The zero-order valence-electron chi connectivity index (χ0n) is 11.7. The lowest BCUT2D eigenvalue weighted by atomic mass is 10.2. The molecule has 0 aliphatic rings. The Balaban J connectivity index is 1.77. The molecule has 0 saturated heterocycles. The third-order valence-electron chi connectivity index (χ3n) is 2.65. The van der Waals surface area contributed by atoms with E-state index in [0.29, 0.717) is 5.56 Å². The van der Waals surface area contributed by atoms with Crippen molar-refractivity contribution >= 4 is 17.8 Å². The van der Waals surface area contributed by atoms with Crippen molar-refractivity contribution in [3.05, 3.63) is 72.1 Å². The molecule has 0 saturated carbocycles. The molecule has 1 aromatic heterocycles. The van der Waals surface area contributed by atoms with E-state index in [1.54, 1.807) is 18.2 Å². The van der Waals surface area contributed by atoms with E-state index in [1.165, 1.54) is 18.5 Å². The Morgan fingerprint density at radius 1 is 1.09 bits per heavy atom. The second kappa shape index (κ2) is 8.21. The van der Waals surface area contributed by atoms with E-state index in [-0.39, 0.29) is 12.3 Å². The van der Waals surface area contributed by atoms with Crippen LogP contribution < -0.4 is 5.43 Å². The van der Waals surface area contributed by atoms with Crippen molar-refractivity contribution in [3.8, 4) is 0 Å². The Morgan fingerprint density at radius 3 is 2.55 bits per heavy atom. The average molecular weight is 294 g/mol. The fourth-order valence-corrected chi connectivity index (χ4v) is 1.56. The van der Waals surface area contributed by atoms with Crippen LogP contribution >= 0.6 is 0 Å². The minimum atomic E-state index is -0.404. The highest BCUT2D eigenvalue weighted by Crippen LogP contribution is 2.01. The second-order valence-electron chi connectivity index (χ2n) is 4.29. The quantitative estimate of drug-likeness (QED) is 0.504. The number of nitrogens with zero attached hydrogens (tertiary/aromatic N) is 3. The van der Waals surface area contributed by atoms with Crippen molar-refractivity contribution in [2.45, 2.75) is 0 Å². The van der Waals surface area contributed by atoms with Gasteiger partial charge in [0.15, 0.2) is 5.78 Å². The summed E-state index contributed by atoms with van der Waals surface area (Å²) in [4.78, 5) is 27.0. The number of amides is 1. The molecule has 6 heteroatoms. The lowest BCUT2D eigenvalue weighted by Gasteiger charge is -1.96. The molecular weight excluding hydrogens is 280 g/mol. The normalized spacial score (nSPS) is 10.9. The first-order valence-electron chi connectivity index (χ1n) is 6.58. The Kier molecular flexibility index (Phi) is 5.69. The molecule has 0 radical (unpaired) electrons. The van der Waals surface area contributed by atoms with Gasteiger partial charge in [-0.3, -0.25) is 14.6 Å². The number of carbonyl (C=O) groups excluding carboxylic acids is 2. The number of benzene rings is 1. The highest BCUT2D eigenvalue weighted by Gasteiger charge is 2.02. The first-order valence-corrected chi connectivity index (χ1v) is 6.58. The largest absolute Gasteiger partial charge is 0.293 e. The van der Waals surface area contributed by atoms with Crippen molar-refractivity contribution in [3.63, 3.8) is 0 Å². The summed E-state index contributed by atoms with van der Waals surface area (Å²) in [5.41, 5.74) is 3.59. The maximum Gasteiger partial charge on any atom is 0.272 e. The van der Waals surface area contributed by atoms with E-state index in [4.69, 9.17) is 0 Å². The van der Waals surface area contributed by atoms with Crippen LogP contribution in [-0.2, 0) is 4.79 Å². The molecule has 2 aromatic rings. The van der Waals surface area contributed by atoms with Gasteiger partial charge in [-0.15, -0.1) is 0 Å². The number of ketones is 1. The van der Waals surface area contributed by atoms with Crippen LogP contribution in [0.25, 0.3) is 6.08 Å². The maximum atomic E-state index is 11.6. The number of nitrogens with one attached hydrogen (secondary N) is 1. The monoisotopic (exact) mass is 294 g/mol. The minimum absolute atomic E-state index is 0.125. The van der Waals surface area contributed by atoms with Gasteiger partial charge in [-0.05, 0) is 23.8 Å². The van der Waals surface area contributed by atoms with Crippen LogP contribution in [0.2, 0.25) is 0 Å². The number of carbonyl (C=O) groups is 2. The molecule has 110 valence electrons. The van der Waals surface area contributed by atoms with E-state index in [9.17, 15) is 9.59 Å². The zero-order chi connectivity index (χ0) is 15.6. The van der Waals surface area contributed by atoms with Gasteiger partial charge in [0.2, 0.25) is 0 Å². The summed E-state index contributed by atoms with van der Waals surface area (Å²) < 4.78 is 0. The van der Waals surface area contributed by atoms with E-state index < -0.39 is 5.91 Å². The molecule has 1 aromatic carbocycles. The first-order chi connectivity index (χ1) is 10.8. The molecule has 0 aliphatic carbocycles. The predicted molar refractivity (Wildman–Crippen MR) is 81.9 cm³/mol. The van der Waals surface area contributed by atoms with E-state index in [2.05, 4.69) is 20.7 Å². The van der Waals surface area contributed by atoms with Gasteiger partial charge in [0, 0.05) is 18.0 Å². The van der Waals surface area contributed by atoms with E-state index in [0.717, 1.165) is 5.56 Å². The molecule has 0 bridgehead atoms. The SMILES string of the molecule is O=C(C=Cc1ccccc1)CN=NNC(=O)c1ccncc1. The van der Waals surface area contributed by atoms with Gasteiger partial charge in [-0.25, -0.2) is 5.43 Å². The van der Waals surface area contributed by atoms with Crippen molar-refractivity contribution in [1.82, 2.24) is 10.4 Å². The lowest BCUT2D eigenvalue weighted by Crippen LogP contribution is -2.17. The molecule has 1 amide bonds. The summed E-state index contributed by atoms with van der Waals surface area (Å²) in [6, 6.07) is 12.6. The zero-order valence-corrected chi connectivity index (χ0v) is 11.7. The Labute approximate surface area is 127 Å². The van der Waals surface area contributed by atoms with E-state index in [1.807, 2.05) is 30.3 Å². The van der Waals surface area contributed by atoms with E-state index >= 15 is 0 Å². The van der Waals surface area contributed by atoms with Gasteiger partial charge in [0.25, 0.3) is 5.91 Å². The number of aromatic nitrogens is 1. The van der Waals surface area contributed by atoms with Crippen molar-refractivity contribution < 1.29 is 9.59 Å². The van der Waals surface area contributed by atoms with Gasteiger partial charge in [0.1, 0.15) is 6.54 Å². The highest BCUT2D eigenvalue weighted by molar-refractivity contribution is 5.95. The number of pyridine rings is 1. The summed E-state index contributed by atoms with van der Waals surface area (Å²) in [5.74, 6) is -0.607. The summed E-state index contributed by atoms with van der Waals surface area (Å²) in [7, 11) is 0. The van der Waals surface area contributed by atoms with Crippen LogP contribution in [0.4, 0.5) is 0 Å². The minimum Gasteiger partial charge on any atom is -0.293 e. The Morgan fingerprint density at radius 2 is 1.82 bits per heavy atom. The Bertz CT molecular complexity index is 682. The van der Waals surface area contributed by atoms with Crippen molar-refractivity contribution in [2.75, 3.05) is 6.54 Å². The number of hydrogen-bond acceptors (Lipinski definition) is 5. The third kappa shape index (κ3) is 5.09.